The molecule has 0 aromatic carbocycles. The molecule has 0 aliphatic rings. The number of nitrogens with zero attached hydrogens (tertiary/aromatic N) is 2. The van der Waals surface area contributed by atoms with Crippen molar-refractivity contribution in [3.8, 4) is 6.07 Å². The number of nitriles is 1. The predicted molar refractivity (Wildman–Crippen MR) is 77.8 cm³/mol. The lowest BCUT2D eigenvalue weighted by Crippen LogP contribution is -2.28. The Hall–Kier alpha value is -1.25. The minimum Gasteiger partial charge on any atom is -0.390 e. The van der Waals surface area contributed by atoms with Gasteiger partial charge >= 0.3 is 0 Å². The summed E-state index contributed by atoms with van der Waals surface area (Å²) in [5, 5.41) is 14.4. The first kappa shape index (κ1) is 17.8. The Morgan fingerprint density at radius 1 is 1.37 bits per heavy atom. The number of hydrogen-bond donors (Lipinski definition) is 2. The second-order valence-electron chi connectivity index (χ2n) is 3.95. The van der Waals surface area contributed by atoms with Crippen molar-refractivity contribution in [3.63, 3.8) is 0 Å². The van der Waals surface area contributed by atoms with E-state index in [4.69, 9.17) is 16.9 Å². The summed E-state index contributed by atoms with van der Waals surface area (Å²) in [6.07, 6.45) is 2.44. The standard InChI is InChI=1S/C13H23ClN4O/c1-3-18(4-2)9-5-7-16-11-12(10-15)13(19)17-8-6-14/h11,16H,3-9H2,1-2H3,(H,17,19)/b12-11-. The number of halogens is 1. The Bertz CT molecular complexity index is 321. The number of amides is 1. The molecule has 108 valence electrons. The van der Waals surface area contributed by atoms with Gasteiger partial charge in [-0.05, 0) is 26.1 Å². The highest BCUT2D eigenvalue weighted by atomic mass is 35.5. The molecule has 0 unspecified atom stereocenters. The molecular formula is C13H23ClN4O. The van der Waals surface area contributed by atoms with E-state index in [0.29, 0.717) is 12.4 Å². The first-order valence-corrected chi connectivity index (χ1v) is 7.13. The molecule has 2 N–H and O–H groups in total. The molecule has 0 aromatic heterocycles. The van der Waals surface area contributed by atoms with Crippen LogP contribution in [0.25, 0.3) is 0 Å². The van der Waals surface area contributed by atoms with Crippen molar-refractivity contribution in [2.24, 2.45) is 0 Å². The summed E-state index contributed by atoms with van der Waals surface area (Å²) < 4.78 is 0. The van der Waals surface area contributed by atoms with E-state index in [2.05, 4.69) is 29.4 Å². The van der Waals surface area contributed by atoms with Crippen molar-refractivity contribution in [1.29, 1.82) is 5.26 Å². The summed E-state index contributed by atoms with van der Waals surface area (Å²) in [5.74, 6) is -0.0544. The van der Waals surface area contributed by atoms with Crippen LogP contribution in [-0.2, 0) is 4.79 Å². The van der Waals surface area contributed by atoms with Gasteiger partial charge in [0.1, 0.15) is 11.6 Å². The van der Waals surface area contributed by atoms with Crippen molar-refractivity contribution >= 4 is 17.5 Å². The molecule has 0 fully saturated rings. The average molecular weight is 287 g/mol. The van der Waals surface area contributed by atoms with Gasteiger partial charge in [-0.1, -0.05) is 13.8 Å². The maximum Gasteiger partial charge on any atom is 0.263 e. The second kappa shape index (κ2) is 11.8. The van der Waals surface area contributed by atoms with E-state index < -0.39 is 0 Å². The molecule has 0 radical (unpaired) electrons. The number of carbonyl (C=O) groups is 1. The highest BCUT2D eigenvalue weighted by Crippen LogP contribution is 1.92. The summed E-state index contributed by atoms with van der Waals surface area (Å²) in [6, 6.07) is 1.87. The van der Waals surface area contributed by atoms with Gasteiger partial charge in [0.25, 0.3) is 5.91 Å². The smallest absolute Gasteiger partial charge is 0.263 e. The molecular weight excluding hydrogens is 264 g/mol. The Kier molecular flexibility index (Phi) is 11.0. The van der Waals surface area contributed by atoms with Crippen LogP contribution in [0.15, 0.2) is 11.8 Å². The van der Waals surface area contributed by atoms with Crippen LogP contribution >= 0.6 is 11.6 Å². The molecule has 0 saturated carbocycles. The summed E-state index contributed by atoms with van der Waals surface area (Å²) in [4.78, 5) is 13.8. The van der Waals surface area contributed by atoms with Crippen LogP contribution in [0.3, 0.4) is 0 Å². The minimum absolute atomic E-state index is 0.0768. The molecule has 0 aromatic rings. The fourth-order valence-corrected chi connectivity index (χ4v) is 1.62. The monoisotopic (exact) mass is 286 g/mol. The van der Waals surface area contributed by atoms with Gasteiger partial charge in [-0.15, -0.1) is 11.6 Å². The van der Waals surface area contributed by atoms with E-state index in [1.807, 2.05) is 6.07 Å². The van der Waals surface area contributed by atoms with Crippen LogP contribution in [0.1, 0.15) is 20.3 Å². The summed E-state index contributed by atoms with van der Waals surface area (Å²) in [7, 11) is 0. The summed E-state index contributed by atoms with van der Waals surface area (Å²) in [6.45, 7) is 8.45. The Morgan fingerprint density at radius 2 is 2.05 bits per heavy atom. The third-order valence-electron chi connectivity index (χ3n) is 2.68. The Balaban J connectivity index is 3.95. The molecule has 0 aliphatic carbocycles. The molecule has 0 atom stereocenters. The van der Waals surface area contributed by atoms with Crippen LogP contribution < -0.4 is 10.6 Å². The molecule has 0 aliphatic heterocycles. The van der Waals surface area contributed by atoms with Crippen molar-refractivity contribution in [1.82, 2.24) is 15.5 Å². The fraction of sp³-hybridized carbons (Fsp3) is 0.692. The normalized spacial score (nSPS) is 11.2. The SMILES string of the molecule is CCN(CC)CCCN/C=C(/C#N)C(=O)NCCCl. The van der Waals surface area contributed by atoms with E-state index in [0.717, 1.165) is 32.6 Å². The largest absolute Gasteiger partial charge is 0.390 e. The Labute approximate surface area is 120 Å². The first-order valence-electron chi connectivity index (χ1n) is 6.59. The van der Waals surface area contributed by atoms with Gasteiger partial charge in [0, 0.05) is 25.2 Å². The van der Waals surface area contributed by atoms with Crippen LogP contribution in [0, 0.1) is 11.3 Å². The van der Waals surface area contributed by atoms with Gasteiger partial charge < -0.3 is 15.5 Å². The predicted octanol–water partition coefficient (Wildman–Crippen LogP) is 1.07. The fourth-order valence-electron chi connectivity index (χ4n) is 1.52. The highest BCUT2D eigenvalue weighted by molar-refractivity contribution is 6.18. The van der Waals surface area contributed by atoms with Crippen molar-refractivity contribution in [2.45, 2.75) is 20.3 Å². The minimum atomic E-state index is -0.389. The molecule has 0 spiro atoms. The van der Waals surface area contributed by atoms with E-state index in [-0.39, 0.29) is 11.5 Å². The lowest BCUT2D eigenvalue weighted by atomic mass is 10.3. The van der Waals surface area contributed by atoms with Crippen LogP contribution in [0.5, 0.6) is 0 Å². The average Bonchev–Trinajstić information content (AvgIpc) is 2.44. The number of carbonyl (C=O) groups excluding carboxylic acids is 1. The maximum absolute atomic E-state index is 11.5. The number of alkyl halides is 1. The third kappa shape index (κ3) is 8.46. The van der Waals surface area contributed by atoms with Crippen molar-refractivity contribution in [2.75, 3.05) is 38.6 Å². The lowest BCUT2D eigenvalue weighted by molar-refractivity contribution is -0.117. The van der Waals surface area contributed by atoms with Gasteiger partial charge in [0.05, 0.1) is 0 Å². The quantitative estimate of drug-likeness (QED) is 0.273. The number of nitrogens with one attached hydrogen (secondary N) is 2. The molecule has 0 bridgehead atoms. The van der Waals surface area contributed by atoms with E-state index in [9.17, 15) is 4.79 Å². The van der Waals surface area contributed by atoms with Crippen molar-refractivity contribution in [3.05, 3.63) is 11.8 Å². The molecule has 0 heterocycles. The first-order chi connectivity index (χ1) is 9.19. The molecule has 6 heteroatoms. The van der Waals surface area contributed by atoms with Crippen molar-refractivity contribution < 1.29 is 4.79 Å². The van der Waals surface area contributed by atoms with Gasteiger partial charge in [-0.25, -0.2) is 0 Å². The van der Waals surface area contributed by atoms with Crippen LogP contribution in [-0.4, -0.2) is 49.4 Å². The van der Waals surface area contributed by atoms with Crippen LogP contribution in [0.2, 0.25) is 0 Å². The van der Waals surface area contributed by atoms with E-state index >= 15 is 0 Å². The molecule has 5 nitrogen and oxygen atoms in total. The van der Waals surface area contributed by atoms with Gasteiger partial charge in [0.15, 0.2) is 0 Å². The zero-order valence-corrected chi connectivity index (χ0v) is 12.5. The molecule has 19 heavy (non-hydrogen) atoms. The zero-order valence-electron chi connectivity index (χ0n) is 11.7. The molecule has 0 rings (SSSR count). The topological polar surface area (TPSA) is 68.2 Å². The lowest BCUT2D eigenvalue weighted by Gasteiger charge is -2.17. The van der Waals surface area contributed by atoms with Gasteiger partial charge in [-0.3, -0.25) is 4.79 Å². The van der Waals surface area contributed by atoms with Crippen LogP contribution in [0.4, 0.5) is 0 Å². The summed E-state index contributed by atoms with van der Waals surface area (Å²) >= 11 is 5.46. The van der Waals surface area contributed by atoms with E-state index in [1.54, 1.807) is 0 Å². The third-order valence-corrected chi connectivity index (χ3v) is 2.87. The molecule has 0 saturated heterocycles. The van der Waals surface area contributed by atoms with Gasteiger partial charge in [-0.2, -0.15) is 5.26 Å². The Morgan fingerprint density at radius 3 is 2.58 bits per heavy atom. The number of hydrogen-bond acceptors (Lipinski definition) is 4. The number of rotatable bonds is 10. The van der Waals surface area contributed by atoms with Gasteiger partial charge in [0.2, 0.25) is 0 Å². The highest BCUT2D eigenvalue weighted by Gasteiger charge is 2.06. The maximum atomic E-state index is 11.5. The summed E-state index contributed by atoms with van der Waals surface area (Å²) in [5.41, 5.74) is 0.0768. The molecule has 1 amide bonds. The van der Waals surface area contributed by atoms with E-state index in [1.165, 1.54) is 6.20 Å². The zero-order chi connectivity index (χ0) is 14.5. The second-order valence-corrected chi connectivity index (χ2v) is 4.33.